The lowest BCUT2D eigenvalue weighted by Crippen LogP contribution is -2.08. The molecule has 2 aromatic rings. The highest BCUT2D eigenvalue weighted by atomic mass is 79.9. The Bertz CT molecular complexity index is 799. The lowest BCUT2D eigenvalue weighted by Gasteiger charge is -2.11. The van der Waals surface area contributed by atoms with Crippen molar-refractivity contribution in [1.82, 2.24) is 0 Å². The predicted octanol–water partition coefficient (Wildman–Crippen LogP) is 4.39. The molecule has 0 spiro atoms. The van der Waals surface area contributed by atoms with Crippen LogP contribution in [0.15, 0.2) is 34.8 Å². The van der Waals surface area contributed by atoms with Crippen LogP contribution in [0.2, 0.25) is 0 Å². The highest BCUT2D eigenvalue weighted by Gasteiger charge is 2.20. The maximum absolute atomic E-state index is 13.6. The third-order valence-electron chi connectivity index (χ3n) is 2.67. The molecule has 2 aromatic carbocycles. The van der Waals surface area contributed by atoms with Gasteiger partial charge < -0.3 is 10.1 Å². The van der Waals surface area contributed by atoms with Crippen LogP contribution in [0.4, 0.5) is 20.2 Å². The van der Waals surface area contributed by atoms with Crippen molar-refractivity contribution in [2.75, 3.05) is 5.32 Å². The van der Waals surface area contributed by atoms with Gasteiger partial charge in [0, 0.05) is 25.1 Å². The zero-order valence-electron chi connectivity index (χ0n) is 11.6. The number of carbonyl (C=O) groups excluding carboxylic acids is 1. The van der Waals surface area contributed by atoms with E-state index < -0.39 is 22.5 Å². The summed E-state index contributed by atoms with van der Waals surface area (Å²) in [5.41, 5.74) is -0.470. The monoisotopic (exact) mass is 386 g/mol. The lowest BCUT2D eigenvalue weighted by atomic mass is 10.2. The van der Waals surface area contributed by atoms with Crippen molar-refractivity contribution >= 4 is 33.2 Å². The van der Waals surface area contributed by atoms with E-state index in [0.717, 1.165) is 18.2 Å². The molecule has 0 atom stereocenters. The number of hydrogen-bond acceptors (Lipinski definition) is 4. The van der Waals surface area contributed by atoms with Gasteiger partial charge in [-0.25, -0.2) is 8.78 Å². The molecule has 0 saturated heterocycles. The summed E-state index contributed by atoms with van der Waals surface area (Å²) >= 11 is 3.07. The highest BCUT2D eigenvalue weighted by molar-refractivity contribution is 9.10. The molecule has 0 saturated carbocycles. The van der Waals surface area contributed by atoms with E-state index in [0.29, 0.717) is 6.07 Å². The molecular weight excluding hydrogens is 378 g/mol. The van der Waals surface area contributed by atoms with E-state index in [2.05, 4.69) is 21.2 Å². The maximum Gasteiger partial charge on any atom is 0.294 e. The largest absolute Gasteiger partial charge is 0.453 e. The second kappa shape index (κ2) is 6.69. The Morgan fingerprint density at radius 2 is 1.96 bits per heavy atom. The van der Waals surface area contributed by atoms with Crippen molar-refractivity contribution in [2.45, 2.75) is 6.92 Å². The van der Waals surface area contributed by atoms with Crippen molar-refractivity contribution in [1.29, 1.82) is 0 Å². The quantitative estimate of drug-likeness (QED) is 0.624. The summed E-state index contributed by atoms with van der Waals surface area (Å²) in [6.45, 7) is 1.19. The standard InChI is InChI=1S/C14H9BrF2N2O4/c1-7(20)18-11-6-14(9(15)5-12(11)19(21)22)23-13-3-2-8(16)4-10(13)17/h2-6H,1H3,(H,18,20). The third-order valence-corrected chi connectivity index (χ3v) is 3.29. The van der Waals surface area contributed by atoms with Crippen LogP contribution in [-0.2, 0) is 4.79 Å². The molecule has 0 aromatic heterocycles. The van der Waals surface area contributed by atoms with E-state index in [4.69, 9.17) is 4.74 Å². The number of rotatable bonds is 4. The van der Waals surface area contributed by atoms with Crippen LogP contribution in [0.25, 0.3) is 0 Å². The van der Waals surface area contributed by atoms with Crippen molar-refractivity contribution in [3.05, 3.63) is 56.6 Å². The van der Waals surface area contributed by atoms with Gasteiger partial charge in [-0.05, 0) is 28.1 Å². The Hall–Kier alpha value is -2.55. The molecule has 6 nitrogen and oxygen atoms in total. The van der Waals surface area contributed by atoms with Crippen LogP contribution in [0.3, 0.4) is 0 Å². The van der Waals surface area contributed by atoms with Crippen molar-refractivity contribution in [3.8, 4) is 11.5 Å². The zero-order valence-corrected chi connectivity index (χ0v) is 13.2. The summed E-state index contributed by atoms with van der Waals surface area (Å²) in [4.78, 5) is 21.5. The summed E-state index contributed by atoms with van der Waals surface area (Å²) in [7, 11) is 0. The van der Waals surface area contributed by atoms with Crippen LogP contribution in [0.1, 0.15) is 6.92 Å². The third kappa shape index (κ3) is 4.01. The average molecular weight is 387 g/mol. The number of nitro benzene ring substituents is 1. The topological polar surface area (TPSA) is 81.5 Å². The van der Waals surface area contributed by atoms with Gasteiger partial charge in [-0.15, -0.1) is 0 Å². The molecule has 23 heavy (non-hydrogen) atoms. The number of nitrogens with zero attached hydrogens (tertiary/aromatic N) is 1. The summed E-state index contributed by atoms with van der Waals surface area (Å²) in [6, 6.07) is 5.01. The minimum Gasteiger partial charge on any atom is -0.453 e. The number of carbonyl (C=O) groups is 1. The van der Waals surface area contributed by atoms with Crippen molar-refractivity contribution in [3.63, 3.8) is 0 Å². The van der Waals surface area contributed by atoms with E-state index in [1.54, 1.807) is 0 Å². The summed E-state index contributed by atoms with van der Waals surface area (Å²) < 4.78 is 32.0. The second-order valence-corrected chi connectivity index (χ2v) is 5.27. The molecule has 0 bridgehead atoms. The molecule has 0 fully saturated rings. The molecule has 0 aliphatic rings. The van der Waals surface area contributed by atoms with Gasteiger partial charge in [-0.1, -0.05) is 0 Å². The first-order chi connectivity index (χ1) is 10.8. The van der Waals surface area contributed by atoms with E-state index in [1.165, 1.54) is 13.0 Å². The van der Waals surface area contributed by atoms with Gasteiger partial charge in [-0.2, -0.15) is 0 Å². The van der Waals surface area contributed by atoms with E-state index in [1.807, 2.05) is 0 Å². The first-order valence-electron chi connectivity index (χ1n) is 6.16. The van der Waals surface area contributed by atoms with Gasteiger partial charge in [-0.3, -0.25) is 14.9 Å². The maximum atomic E-state index is 13.6. The number of anilines is 1. The lowest BCUT2D eigenvalue weighted by molar-refractivity contribution is -0.384. The molecule has 1 amide bonds. The molecule has 1 N–H and O–H groups in total. The Kier molecular flexibility index (Phi) is 4.89. The number of ether oxygens (including phenoxy) is 1. The van der Waals surface area contributed by atoms with Gasteiger partial charge in [0.1, 0.15) is 17.3 Å². The Labute approximate surface area is 137 Å². The molecular formula is C14H9BrF2N2O4. The van der Waals surface area contributed by atoms with E-state index in [9.17, 15) is 23.7 Å². The molecule has 9 heteroatoms. The average Bonchev–Trinajstić information content (AvgIpc) is 2.44. The molecule has 0 aliphatic carbocycles. The fourth-order valence-electron chi connectivity index (χ4n) is 1.74. The smallest absolute Gasteiger partial charge is 0.294 e. The zero-order chi connectivity index (χ0) is 17.1. The number of hydrogen-bond donors (Lipinski definition) is 1. The van der Waals surface area contributed by atoms with Crippen LogP contribution < -0.4 is 10.1 Å². The SMILES string of the molecule is CC(=O)Nc1cc(Oc2ccc(F)cc2F)c(Br)cc1[N+](=O)[O-]. The van der Waals surface area contributed by atoms with Gasteiger partial charge in [0.2, 0.25) is 5.91 Å². The number of nitrogens with one attached hydrogen (secondary N) is 1. The van der Waals surface area contributed by atoms with Gasteiger partial charge in [0.05, 0.1) is 9.40 Å². The van der Waals surface area contributed by atoms with E-state index in [-0.39, 0.29) is 27.3 Å². The van der Waals surface area contributed by atoms with Crippen LogP contribution in [-0.4, -0.2) is 10.8 Å². The summed E-state index contributed by atoms with van der Waals surface area (Å²) in [5.74, 6) is -2.47. The molecule has 0 unspecified atom stereocenters. The highest BCUT2D eigenvalue weighted by Crippen LogP contribution is 2.38. The van der Waals surface area contributed by atoms with Crippen molar-refractivity contribution < 1.29 is 23.2 Å². The number of amides is 1. The summed E-state index contributed by atoms with van der Waals surface area (Å²) in [6.07, 6.45) is 0. The predicted molar refractivity (Wildman–Crippen MR) is 81.5 cm³/mol. The minimum absolute atomic E-state index is 0.0184. The van der Waals surface area contributed by atoms with Crippen LogP contribution >= 0.6 is 15.9 Å². The molecule has 0 heterocycles. The Morgan fingerprint density at radius 3 is 2.52 bits per heavy atom. The molecule has 120 valence electrons. The normalized spacial score (nSPS) is 10.3. The van der Waals surface area contributed by atoms with Gasteiger partial charge >= 0.3 is 0 Å². The van der Waals surface area contributed by atoms with Gasteiger partial charge in [0.15, 0.2) is 11.6 Å². The summed E-state index contributed by atoms with van der Waals surface area (Å²) in [5, 5.41) is 13.3. The second-order valence-electron chi connectivity index (χ2n) is 4.41. The first kappa shape index (κ1) is 16.8. The van der Waals surface area contributed by atoms with Gasteiger partial charge in [0.25, 0.3) is 5.69 Å². The fourth-order valence-corrected chi connectivity index (χ4v) is 2.15. The van der Waals surface area contributed by atoms with Crippen LogP contribution in [0, 0.1) is 21.7 Å². The number of nitro groups is 1. The van der Waals surface area contributed by atoms with E-state index >= 15 is 0 Å². The first-order valence-corrected chi connectivity index (χ1v) is 6.95. The fraction of sp³-hybridized carbons (Fsp3) is 0.0714. The Morgan fingerprint density at radius 1 is 1.26 bits per heavy atom. The minimum atomic E-state index is -0.934. The molecule has 0 radical (unpaired) electrons. The molecule has 2 rings (SSSR count). The molecule has 0 aliphatic heterocycles. The van der Waals surface area contributed by atoms with Crippen LogP contribution in [0.5, 0.6) is 11.5 Å². The number of halogens is 3. The Balaban J connectivity index is 2.45. The number of benzene rings is 2. The van der Waals surface area contributed by atoms with Crippen molar-refractivity contribution in [2.24, 2.45) is 0 Å².